The Morgan fingerprint density at radius 2 is 1.87 bits per heavy atom. The summed E-state index contributed by atoms with van der Waals surface area (Å²) in [5, 5.41) is 4.90. The van der Waals surface area contributed by atoms with E-state index >= 15 is 0 Å². The van der Waals surface area contributed by atoms with Gasteiger partial charge in [0, 0.05) is 12.2 Å². The molecule has 1 heterocycles. The molecule has 23 heavy (non-hydrogen) atoms. The number of hydrogen-bond donors (Lipinski definition) is 3. The van der Waals surface area contributed by atoms with E-state index in [1.54, 1.807) is 7.11 Å². The summed E-state index contributed by atoms with van der Waals surface area (Å²) < 4.78 is 5.17. The van der Waals surface area contributed by atoms with Crippen LogP contribution in [0.2, 0.25) is 0 Å². The molecule has 0 aliphatic carbocycles. The van der Waals surface area contributed by atoms with E-state index in [9.17, 15) is 9.59 Å². The molecular formula is C16H25N4O3+. The summed E-state index contributed by atoms with van der Waals surface area (Å²) in [5.74, 6) is 0.615. The Labute approximate surface area is 136 Å². The lowest BCUT2D eigenvalue weighted by molar-refractivity contribution is -0.892. The highest BCUT2D eigenvalue weighted by atomic mass is 16.5. The highest BCUT2D eigenvalue weighted by molar-refractivity contribution is 5.94. The van der Waals surface area contributed by atoms with E-state index < -0.39 is 6.03 Å². The largest absolute Gasteiger partial charge is 0.497 e. The van der Waals surface area contributed by atoms with Gasteiger partial charge in [-0.25, -0.2) is 4.79 Å². The monoisotopic (exact) mass is 321 g/mol. The highest BCUT2D eigenvalue weighted by Crippen LogP contribution is 2.18. The van der Waals surface area contributed by atoms with Crippen molar-refractivity contribution in [2.75, 3.05) is 51.3 Å². The van der Waals surface area contributed by atoms with E-state index in [1.807, 2.05) is 31.2 Å². The number of ether oxygens (including phenoxy) is 1. The summed E-state index contributed by atoms with van der Waals surface area (Å²) >= 11 is 0. The van der Waals surface area contributed by atoms with Gasteiger partial charge in [0.15, 0.2) is 6.54 Å². The van der Waals surface area contributed by atoms with Crippen LogP contribution in [0.3, 0.4) is 0 Å². The fraction of sp³-hybridized carbons (Fsp3) is 0.500. The third-order valence-corrected chi connectivity index (χ3v) is 3.91. The molecule has 1 fully saturated rings. The second-order valence-electron chi connectivity index (χ2n) is 5.52. The van der Waals surface area contributed by atoms with Crippen molar-refractivity contribution >= 4 is 17.6 Å². The number of urea groups is 1. The zero-order valence-electron chi connectivity index (χ0n) is 13.7. The number of carbonyl (C=O) groups is 2. The second kappa shape index (κ2) is 8.38. The summed E-state index contributed by atoms with van der Waals surface area (Å²) in [4.78, 5) is 26.6. The molecule has 1 aromatic carbocycles. The third kappa shape index (κ3) is 5.14. The van der Waals surface area contributed by atoms with Gasteiger partial charge in [0.1, 0.15) is 5.75 Å². The van der Waals surface area contributed by atoms with Crippen LogP contribution in [0.15, 0.2) is 24.3 Å². The Balaban J connectivity index is 1.77. The van der Waals surface area contributed by atoms with Crippen molar-refractivity contribution in [3.05, 3.63) is 24.3 Å². The number of piperazine rings is 1. The van der Waals surface area contributed by atoms with E-state index in [2.05, 4.69) is 15.5 Å². The van der Waals surface area contributed by atoms with Gasteiger partial charge in [-0.3, -0.25) is 10.1 Å². The number of nitrogens with one attached hydrogen (secondary N) is 3. The molecule has 7 nitrogen and oxygen atoms in total. The van der Waals surface area contributed by atoms with Gasteiger partial charge in [-0.2, -0.15) is 0 Å². The maximum Gasteiger partial charge on any atom is 0.321 e. The van der Waals surface area contributed by atoms with Crippen LogP contribution in [0, 0.1) is 0 Å². The number of hydrogen-bond acceptors (Lipinski definition) is 4. The van der Waals surface area contributed by atoms with Crippen molar-refractivity contribution in [3.63, 3.8) is 0 Å². The van der Waals surface area contributed by atoms with E-state index in [-0.39, 0.29) is 5.91 Å². The first-order chi connectivity index (χ1) is 11.1. The van der Waals surface area contributed by atoms with Crippen molar-refractivity contribution in [3.8, 4) is 5.75 Å². The van der Waals surface area contributed by atoms with Crippen LogP contribution in [0.25, 0.3) is 0 Å². The Bertz CT molecular complexity index is 525. The van der Waals surface area contributed by atoms with Gasteiger partial charge >= 0.3 is 6.03 Å². The summed E-state index contributed by atoms with van der Waals surface area (Å²) in [5.41, 5.74) is 1.16. The number of rotatable bonds is 5. The van der Waals surface area contributed by atoms with E-state index in [0.717, 1.165) is 37.6 Å². The average Bonchev–Trinajstić information content (AvgIpc) is 2.56. The molecule has 0 unspecified atom stereocenters. The molecular weight excluding hydrogens is 296 g/mol. The van der Waals surface area contributed by atoms with Crippen molar-refractivity contribution in [2.45, 2.75) is 6.92 Å². The smallest absolute Gasteiger partial charge is 0.321 e. The number of carbonyl (C=O) groups excluding carboxylic acids is 2. The van der Waals surface area contributed by atoms with Crippen LogP contribution >= 0.6 is 0 Å². The molecule has 0 radical (unpaired) electrons. The predicted molar refractivity (Wildman–Crippen MR) is 88.0 cm³/mol. The number of benzene rings is 1. The molecule has 0 saturated carbocycles. The van der Waals surface area contributed by atoms with Crippen molar-refractivity contribution in [1.82, 2.24) is 10.6 Å². The third-order valence-electron chi connectivity index (χ3n) is 3.91. The summed E-state index contributed by atoms with van der Waals surface area (Å²) in [6.45, 7) is 6.16. The molecule has 0 bridgehead atoms. The van der Waals surface area contributed by atoms with Gasteiger partial charge < -0.3 is 19.9 Å². The number of anilines is 1. The van der Waals surface area contributed by atoms with Gasteiger partial charge in [0.25, 0.3) is 5.91 Å². The van der Waals surface area contributed by atoms with Crippen molar-refractivity contribution < 1.29 is 19.2 Å². The Kier molecular flexibility index (Phi) is 6.22. The lowest BCUT2D eigenvalue weighted by atomic mass is 10.2. The lowest BCUT2D eigenvalue weighted by Gasteiger charge is -2.33. The van der Waals surface area contributed by atoms with Gasteiger partial charge in [-0.15, -0.1) is 0 Å². The molecule has 126 valence electrons. The lowest BCUT2D eigenvalue weighted by Crippen LogP contribution is -3.16. The number of amides is 3. The summed E-state index contributed by atoms with van der Waals surface area (Å²) in [6, 6.07) is 7.58. The Hall–Kier alpha value is -2.28. The predicted octanol–water partition coefficient (Wildman–Crippen LogP) is -0.754. The molecule has 7 heteroatoms. The topological polar surface area (TPSA) is 75.1 Å². The summed E-state index contributed by atoms with van der Waals surface area (Å²) in [6.07, 6.45) is 0. The number of nitrogens with zero attached hydrogens (tertiary/aromatic N) is 1. The van der Waals surface area contributed by atoms with Crippen LogP contribution in [0.5, 0.6) is 5.75 Å². The molecule has 1 aliphatic rings. The van der Waals surface area contributed by atoms with E-state index in [4.69, 9.17) is 4.74 Å². The quantitative estimate of drug-likeness (QED) is 0.667. The van der Waals surface area contributed by atoms with Crippen LogP contribution in [0.4, 0.5) is 10.5 Å². The molecule has 1 aliphatic heterocycles. The zero-order valence-corrected chi connectivity index (χ0v) is 13.7. The first-order valence-electron chi connectivity index (χ1n) is 7.92. The van der Waals surface area contributed by atoms with Gasteiger partial charge in [0.05, 0.1) is 33.3 Å². The van der Waals surface area contributed by atoms with Gasteiger partial charge in [-0.1, -0.05) is 0 Å². The molecule has 3 N–H and O–H groups in total. The van der Waals surface area contributed by atoms with Crippen molar-refractivity contribution in [1.29, 1.82) is 0 Å². The molecule has 2 rings (SSSR count). The molecule has 3 amide bonds. The average molecular weight is 321 g/mol. The Morgan fingerprint density at radius 3 is 2.43 bits per heavy atom. The van der Waals surface area contributed by atoms with E-state index in [1.165, 1.54) is 4.90 Å². The van der Waals surface area contributed by atoms with Crippen LogP contribution in [0.1, 0.15) is 6.92 Å². The summed E-state index contributed by atoms with van der Waals surface area (Å²) in [7, 11) is 1.66. The molecule has 1 saturated heterocycles. The first kappa shape index (κ1) is 17.1. The minimum atomic E-state index is -0.422. The number of methoxy groups -OCH3 is 1. The second-order valence-corrected chi connectivity index (χ2v) is 5.52. The first-order valence-corrected chi connectivity index (χ1v) is 7.92. The normalized spacial score (nSPS) is 15.1. The van der Waals surface area contributed by atoms with Crippen molar-refractivity contribution in [2.24, 2.45) is 0 Å². The van der Waals surface area contributed by atoms with Gasteiger partial charge in [-0.05, 0) is 31.2 Å². The molecule has 0 spiro atoms. The maximum atomic E-state index is 11.8. The van der Waals surface area contributed by atoms with Gasteiger partial charge in [0.2, 0.25) is 0 Å². The maximum absolute atomic E-state index is 11.8. The van der Waals surface area contributed by atoms with Crippen LogP contribution in [-0.2, 0) is 4.79 Å². The highest BCUT2D eigenvalue weighted by Gasteiger charge is 2.23. The molecule has 1 aromatic rings. The zero-order chi connectivity index (χ0) is 16.7. The minimum absolute atomic E-state index is 0.233. The van der Waals surface area contributed by atoms with E-state index in [0.29, 0.717) is 13.1 Å². The fourth-order valence-corrected chi connectivity index (χ4v) is 2.65. The standard InChI is InChI=1S/C16H24N4O3/c1-3-17-16(22)18-15(21)12-19-8-10-20(11-9-19)13-4-6-14(23-2)7-5-13/h4-7H,3,8-12H2,1-2H3,(H2,17,18,21,22)/p+1. The number of imide groups is 1. The number of quaternary nitrogens is 1. The SMILES string of the molecule is CCNC(=O)NC(=O)C[NH+]1CCN(c2ccc(OC)cc2)CC1. The minimum Gasteiger partial charge on any atom is -0.497 e. The fourth-order valence-electron chi connectivity index (χ4n) is 2.65. The Morgan fingerprint density at radius 1 is 1.22 bits per heavy atom. The van der Waals surface area contributed by atoms with Crippen LogP contribution < -0.4 is 25.2 Å². The van der Waals surface area contributed by atoms with Crippen LogP contribution in [-0.4, -0.2) is 58.3 Å². The molecule has 0 atom stereocenters. The molecule has 0 aromatic heterocycles.